The van der Waals surface area contributed by atoms with Crippen molar-refractivity contribution in [3.05, 3.63) is 71.8 Å². The molecule has 7 heteroatoms. The van der Waals surface area contributed by atoms with Gasteiger partial charge in [-0.2, -0.15) is 0 Å². The summed E-state index contributed by atoms with van der Waals surface area (Å²) >= 11 is 0. The molecule has 0 bridgehead atoms. The van der Waals surface area contributed by atoms with Crippen molar-refractivity contribution in [1.82, 2.24) is 0 Å². The predicted molar refractivity (Wildman–Crippen MR) is 94.0 cm³/mol. The van der Waals surface area contributed by atoms with E-state index in [1.54, 1.807) is 60.7 Å². The maximum absolute atomic E-state index is 12.4. The fourth-order valence-corrected chi connectivity index (χ4v) is 2.83. The quantitative estimate of drug-likeness (QED) is 0.773. The number of rotatable bonds is 6. The molecule has 3 rings (SSSR count). The number of aliphatic hydroxyl groups excluding tert-OH is 1. The van der Waals surface area contributed by atoms with Crippen molar-refractivity contribution >= 4 is 11.9 Å². The van der Waals surface area contributed by atoms with Gasteiger partial charge in [0.1, 0.15) is 6.10 Å². The molecule has 0 saturated carbocycles. The molecule has 0 aliphatic carbocycles. The van der Waals surface area contributed by atoms with Crippen molar-refractivity contribution in [3.8, 4) is 0 Å². The molecule has 1 saturated heterocycles. The molecular weight excluding hydrogens is 352 g/mol. The summed E-state index contributed by atoms with van der Waals surface area (Å²) in [6.45, 7) is -0.425. The lowest BCUT2D eigenvalue weighted by Gasteiger charge is -2.23. The van der Waals surface area contributed by atoms with Crippen LogP contribution in [0.3, 0.4) is 0 Å². The lowest BCUT2D eigenvalue weighted by Crippen LogP contribution is -2.41. The van der Waals surface area contributed by atoms with Gasteiger partial charge in [-0.1, -0.05) is 36.4 Å². The average molecular weight is 372 g/mol. The van der Waals surface area contributed by atoms with Gasteiger partial charge in [-0.3, -0.25) is 0 Å². The van der Waals surface area contributed by atoms with Gasteiger partial charge in [0.2, 0.25) is 0 Å². The predicted octanol–water partition coefficient (Wildman–Crippen LogP) is 1.80. The maximum atomic E-state index is 12.4. The molecule has 1 aliphatic heterocycles. The van der Waals surface area contributed by atoms with Crippen molar-refractivity contribution in [1.29, 1.82) is 0 Å². The summed E-state index contributed by atoms with van der Waals surface area (Å²) in [5, 5.41) is 9.59. The van der Waals surface area contributed by atoms with E-state index >= 15 is 0 Å². The molecule has 1 N–H and O–H groups in total. The number of hydrogen-bond acceptors (Lipinski definition) is 7. The first-order valence-corrected chi connectivity index (χ1v) is 8.45. The monoisotopic (exact) mass is 372 g/mol. The van der Waals surface area contributed by atoms with Crippen LogP contribution in [0.4, 0.5) is 0 Å². The molecule has 0 spiro atoms. The molecule has 2 aromatic rings. The van der Waals surface area contributed by atoms with E-state index in [4.69, 9.17) is 18.9 Å². The largest absolute Gasteiger partial charge is 0.452 e. The number of aliphatic hydroxyl groups is 1. The van der Waals surface area contributed by atoms with Gasteiger partial charge in [-0.05, 0) is 24.3 Å². The van der Waals surface area contributed by atoms with Crippen molar-refractivity contribution in [3.63, 3.8) is 0 Å². The fourth-order valence-electron chi connectivity index (χ4n) is 2.83. The summed E-state index contributed by atoms with van der Waals surface area (Å²) in [6.07, 6.45) is -3.88. The number of esters is 2. The Balaban J connectivity index is 1.79. The summed E-state index contributed by atoms with van der Waals surface area (Å²) in [5.41, 5.74) is 0.677. The second-order valence-corrected chi connectivity index (χ2v) is 5.93. The lowest BCUT2D eigenvalue weighted by molar-refractivity contribution is -0.154. The number of methoxy groups -OCH3 is 1. The molecule has 4 atom stereocenters. The van der Waals surface area contributed by atoms with E-state index in [-0.39, 0.29) is 0 Å². The van der Waals surface area contributed by atoms with Crippen LogP contribution in [0.25, 0.3) is 0 Å². The Hall–Kier alpha value is -2.74. The van der Waals surface area contributed by atoms with Gasteiger partial charge in [0.15, 0.2) is 18.5 Å². The van der Waals surface area contributed by atoms with Crippen LogP contribution in [0, 0.1) is 0 Å². The first kappa shape index (κ1) is 19.0. The van der Waals surface area contributed by atoms with E-state index in [0.717, 1.165) is 0 Å². The van der Waals surface area contributed by atoms with Crippen LogP contribution in [0.15, 0.2) is 60.7 Å². The third-order valence-corrected chi connectivity index (χ3v) is 4.18. The van der Waals surface area contributed by atoms with Crippen LogP contribution in [0.1, 0.15) is 20.7 Å². The summed E-state index contributed by atoms with van der Waals surface area (Å²) in [4.78, 5) is 24.8. The second kappa shape index (κ2) is 8.77. The van der Waals surface area contributed by atoms with Gasteiger partial charge in [0, 0.05) is 7.11 Å². The number of carbonyl (C=O) groups excluding carboxylic acids is 2. The maximum Gasteiger partial charge on any atom is 0.338 e. The van der Waals surface area contributed by atoms with Crippen LogP contribution in [-0.4, -0.2) is 55.4 Å². The first-order valence-electron chi connectivity index (χ1n) is 8.45. The number of benzene rings is 2. The molecule has 142 valence electrons. The fraction of sp³-hybridized carbons (Fsp3) is 0.300. The van der Waals surface area contributed by atoms with Gasteiger partial charge in [-0.25, -0.2) is 9.59 Å². The van der Waals surface area contributed by atoms with Crippen LogP contribution in [0.5, 0.6) is 0 Å². The molecule has 0 aromatic heterocycles. The van der Waals surface area contributed by atoms with Gasteiger partial charge in [0.05, 0.1) is 17.7 Å². The Morgan fingerprint density at radius 2 is 1.37 bits per heavy atom. The molecule has 2 aromatic carbocycles. The smallest absolute Gasteiger partial charge is 0.338 e. The van der Waals surface area contributed by atoms with Gasteiger partial charge in [-0.15, -0.1) is 0 Å². The third kappa shape index (κ3) is 4.33. The number of carbonyl (C=O) groups is 2. The molecular formula is C20H20O7. The van der Waals surface area contributed by atoms with Crippen LogP contribution >= 0.6 is 0 Å². The molecule has 1 heterocycles. The Morgan fingerprint density at radius 3 is 1.81 bits per heavy atom. The molecule has 0 radical (unpaired) electrons. The van der Waals surface area contributed by atoms with E-state index in [2.05, 4.69) is 0 Å². The average Bonchev–Trinajstić information content (AvgIpc) is 3.05. The molecule has 7 nitrogen and oxygen atoms in total. The number of hydrogen-bond donors (Lipinski definition) is 1. The first-order chi connectivity index (χ1) is 13.1. The summed E-state index contributed by atoms with van der Waals surface area (Å²) < 4.78 is 21.7. The standard InChI is InChI=1S/C20H20O7/c1-24-20-17(27-19(23)14-10-6-3-7-11-14)16(15(12-21)25-20)26-18(22)13-8-4-2-5-9-13/h2-11,15-17,20-21H,12H2,1H3/t15-,16-,17+,20+/m1/s1. The highest BCUT2D eigenvalue weighted by atomic mass is 16.7. The topological polar surface area (TPSA) is 91.3 Å². The van der Waals surface area contributed by atoms with Crippen LogP contribution < -0.4 is 0 Å². The summed E-state index contributed by atoms with van der Waals surface area (Å²) in [6, 6.07) is 16.8. The Labute approximate surface area is 156 Å². The molecule has 1 fully saturated rings. The molecule has 1 aliphatic rings. The molecule has 0 amide bonds. The van der Waals surface area contributed by atoms with E-state index in [9.17, 15) is 14.7 Å². The number of ether oxygens (including phenoxy) is 4. The zero-order valence-corrected chi connectivity index (χ0v) is 14.7. The minimum atomic E-state index is -1.02. The van der Waals surface area contributed by atoms with Crippen LogP contribution in [0.2, 0.25) is 0 Å². The van der Waals surface area contributed by atoms with E-state index in [1.165, 1.54) is 7.11 Å². The highest BCUT2D eigenvalue weighted by molar-refractivity contribution is 5.90. The van der Waals surface area contributed by atoms with Crippen molar-refractivity contribution in [2.45, 2.75) is 24.6 Å². The Kier molecular flexibility index (Phi) is 6.18. The zero-order chi connectivity index (χ0) is 19.2. The molecule has 27 heavy (non-hydrogen) atoms. The summed E-state index contributed by atoms with van der Waals surface area (Å²) in [5.74, 6) is -1.22. The Bertz CT molecular complexity index is 697. The SMILES string of the molecule is CO[C@H]1O[C@H](CO)[C@@H](OC(=O)c2ccccc2)[C@@H]1OC(=O)c1ccccc1. The molecule has 0 unspecified atom stereocenters. The second-order valence-electron chi connectivity index (χ2n) is 5.93. The third-order valence-electron chi connectivity index (χ3n) is 4.18. The Morgan fingerprint density at radius 1 is 0.889 bits per heavy atom. The van der Waals surface area contributed by atoms with E-state index in [1.807, 2.05) is 0 Å². The van der Waals surface area contributed by atoms with E-state index < -0.39 is 43.1 Å². The van der Waals surface area contributed by atoms with E-state index in [0.29, 0.717) is 11.1 Å². The highest BCUT2D eigenvalue weighted by Crippen LogP contribution is 2.28. The highest BCUT2D eigenvalue weighted by Gasteiger charge is 2.50. The van der Waals surface area contributed by atoms with Gasteiger partial charge >= 0.3 is 11.9 Å². The van der Waals surface area contributed by atoms with Crippen molar-refractivity contribution in [2.24, 2.45) is 0 Å². The lowest BCUT2D eigenvalue weighted by atomic mass is 10.1. The van der Waals surface area contributed by atoms with Crippen molar-refractivity contribution in [2.75, 3.05) is 13.7 Å². The normalized spacial score (nSPS) is 24.4. The zero-order valence-electron chi connectivity index (χ0n) is 14.7. The van der Waals surface area contributed by atoms with Gasteiger partial charge in [0.25, 0.3) is 0 Å². The van der Waals surface area contributed by atoms with Crippen LogP contribution in [-0.2, 0) is 18.9 Å². The van der Waals surface area contributed by atoms with Gasteiger partial charge < -0.3 is 24.1 Å². The minimum Gasteiger partial charge on any atom is -0.452 e. The summed E-state index contributed by atoms with van der Waals surface area (Å²) in [7, 11) is 1.38. The van der Waals surface area contributed by atoms with Crippen molar-refractivity contribution < 1.29 is 33.6 Å². The minimum absolute atomic E-state index is 0.336.